The molecular formula is C19H27N2O2+. The van der Waals surface area contributed by atoms with Crippen LogP contribution in [-0.4, -0.2) is 5.91 Å². The molecule has 0 bridgehead atoms. The predicted molar refractivity (Wildman–Crippen MR) is 92.7 cm³/mol. The molecule has 0 radical (unpaired) electrons. The predicted octanol–water partition coefficient (Wildman–Crippen LogP) is 4.31. The monoisotopic (exact) mass is 315 g/mol. The zero-order valence-electron chi connectivity index (χ0n) is 13.9. The second-order valence-corrected chi connectivity index (χ2v) is 5.93. The molecule has 0 aliphatic carbocycles. The van der Waals surface area contributed by atoms with Crippen LogP contribution in [0, 0.1) is 0 Å². The highest BCUT2D eigenvalue weighted by Crippen LogP contribution is 2.15. The van der Waals surface area contributed by atoms with Gasteiger partial charge in [-0.3, -0.25) is 10.5 Å². The normalized spacial score (nSPS) is 10.7. The number of hydrogen-bond donors (Lipinski definition) is 2. The lowest BCUT2D eigenvalue weighted by atomic mass is 10.0. The Hall–Kier alpha value is -2.07. The van der Waals surface area contributed by atoms with Gasteiger partial charge >= 0.3 is 0 Å². The molecule has 1 heterocycles. The van der Waals surface area contributed by atoms with Crippen LogP contribution < -0.4 is 11.1 Å². The molecule has 2 rings (SSSR count). The van der Waals surface area contributed by atoms with Crippen molar-refractivity contribution in [3.63, 3.8) is 0 Å². The number of nitrogens with one attached hydrogen (secondary N) is 1. The Labute approximate surface area is 138 Å². The maximum absolute atomic E-state index is 12.0. The standard InChI is InChI=1S/C19H26N2O2/c1-2-3-4-5-6-7-8-15-9-11-16(12-10-15)21-19(22)17-13-14-18(20)23-17/h9-14H,2-8,20H2,1H3,(H,21,22)/p+1. The van der Waals surface area contributed by atoms with Crippen LogP contribution in [0.15, 0.2) is 40.8 Å². The number of amides is 1. The topological polar surface area (TPSA) is 69.9 Å². The minimum atomic E-state index is -0.247. The lowest BCUT2D eigenvalue weighted by Gasteiger charge is -2.05. The van der Waals surface area contributed by atoms with Crippen molar-refractivity contribution < 1.29 is 14.9 Å². The Morgan fingerprint density at radius 2 is 1.70 bits per heavy atom. The molecule has 4 heteroatoms. The Morgan fingerprint density at radius 3 is 2.35 bits per heavy atom. The smallest absolute Gasteiger partial charge is 0.292 e. The van der Waals surface area contributed by atoms with Crippen molar-refractivity contribution in [2.24, 2.45) is 0 Å². The summed E-state index contributed by atoms with van der Waals surface area (Å²) in [5.74, 6) is 0.527. The van der Waals surface area contributed by atoms with E-state index in [1.165, 1.54) is 44.1 Å². The Bertz CT molecular complexity index is 602. The summed E-state index contributed by atoms with van der Waals surface area (Å²) in [5, 5.41) is 2.83. The first-order valence-electron chi connectivity index (χ1n) is 8.51. The number of carbonyl (C=O) groups excluding carboxylic acids is 1. The van der Waals surface area contributed by atoms with Crippen molar-refractivity contribution in [2.45, 2.75) is 51.9 Å². The Kier molecular flexibility index (Phi) is 6.88. The summed E-state index contributed by atoms with van der Waals surface area (Å²) in [7, 11) is 0. The number of anilines is 1. The largest absolute Gasteiger partial charge is 0.407 e. The summed E-state index contributed by atoms with van der Waals surface area (Å²) in [6.07, 6.45) is 8.95. The van der Waals surface area contributed by atoms with Crippen LogP contribution >= 0.6 is 0 Å². The third kappa shape index (κ3) is 5.91. The number of furan rings is 1. The van der Waals surface area contributed by atoms with E-state index in [0.717, 1.165) is 12.1 Å². The molecule has 124 valence electrons. The zero-order chi connectivity index (χ0) is 16.5. The van der Waals surface area contributed by atoms with E-state index in [1.54, 1.807) is 12.1 Å². The second kappa shape index (κ2) is 9.16. The molecule has 1 aromatic carbocycles. The summed E-state index contributed by atoms with van der Waals surface area (Å²) in [6, 6.07) is 11.4. The summed E-state index contributed by atoms with van der Waals surface area (Å²) >= 11 is 0. The van der Waals surface area contributed by atoms with E-state index in [0.29, 0.717) is 5.88 Å². The average molecular weight is 315 g/mol. The minimum Gasteiger partial charge on any atom is -0.407 e. The lowest BCUT2D eigenvalue weighted by molar-refractivity contribution is -0.278. The first-order valence-corrected chi connectivity index (χ1v) is 8.51. The van der Waals surface area contributed by atoms with Crippen LogP contribution in [0.1, 0.15) is 61.6 Å². The third-order valence-corrected chi connectivity index (χ3v) is 3.92. The molecule has 0 saturated heterocycles. The second-order valence-electron chi connectivity index (χ2n) is 5.93. The van der Waals surface area contributed by atoms with E-state index in [1.807, 2.05) is 12.1 Å². The maximum atomic E-state index is 12.0. The van der Waals surface area contributed by atoms with E-state index in [4.69, 9.17) is 4.42 Å². The van der Waals surface area contributed by atoms with Gasteiger partial charge in [0.2, 0.25) is 0 Å². The first-order chi connectivity index (χ1) is 11.2. The fourth-order valence-electron chi connectivity index (χ4n) is 2.56. The van der Waals surface area contributed by atoms with E-state index in [-0.39, 0.29) is 11.7 Å². The Morgan fingerprint density at radius 1 is 1.00 bits per heavy atom. The van der Waals surface area contributed by atoms with Gasteiger partial charge in [0.15, 0.2) is 5.76 Å². The van der Waals surface area contributed by atoms with Gasteiger partial charge < -0.3 is 9.73 Å². The molecule has 2 aromatic rings. The number of benzene rings is 1. The highest BCUT2D eigenvalue weighted by atomic mass is 16.4. The van der Waals surface area contributed by atoms with Gasteiger partial charge in [-0.25, -0.2) is 0 Å². The van der Waals surface area contributed by atoms with E-state index < -0.39 is 0 Å². The highest BCUT2D eigenvalue weighted by molar-refractivity contribution is 6.02. The number of carbonyl (C=O) groups is 1. The van der Waals surface area contributed by atoms with Crippen molar-refractivity contribution >= 4 is 17.5 Å². The zero-order valence-corrected chi connectivity index (χ0v) is 13.9. The van der Waals surface area contributed by atoms with Gasteiger partial charge in [0.05, 0.1) is 0 Å². The van der Waals surface area contributed by atoms with Gasteiger partial charge in [-0.2, -0.15) is 0 Å². The molecule has 1 amide bonds. The molecule has 23 heavy (non-hydrogen) atoms. The van der Waals surface area contributed by atoms with Crippen molar-refractivity contribution in [1.29, 1.82) is 0 Å². The third-order valence-electron chi connectivity index (χ3n) is 3.92. The molecule has 1 aromatic heterocycles. The van der Waals surface area contributed by atoms with Gasteiger partial charge in [-0.05, 0) is 36.6 Å². The average Bonchev–Trinajstić information content (AvgIpc) is 2.99. The Balaban J connectivity index is 1.75. The number of unbranched alkanes of at least 4 members (excludes halogenated alkanes) is 5. The van der Waals surface area contributed by atoms with Crippen molar-refractivity contribution in [3.8, 4) is 0 Å². The molecule has 0 atom stereocenters. The fourth-order valence-corrected chi connectivity index (χ4v) is 2.56. The molecule has 0 unspecified atom stereocenters. The molecule has 0 aliphatic heterocycles. The van der Waals surface area contributed by atoms with Crippen LogP contribution in [0.2, 0.25) is 0 Å². The van der Waals surface area contributed by atoms with Crippen LogP contribution in [0.25, 0.3) is 0 Å². The van der Waals surface area contributed by atoms with Crippen molar-refractivity contribution in [1.82, 2.24) is 0 Å². The van der Waals surface area contributed by atoms with Gasteiger partial charge in [-0.1, -0.05) is 51.2 Å². The van der Waals surface area contributed by atoms with Gasteiger partial charge in [-0.15, -0.1) is 0 Å². The quantitative estimate of drug-likeness (QED) is 0.677. The van der Waals surface area contributed by atoms with Crippen LogP contribution in [-0.2, 0) is 6.42 Å². The fraction of sp³-hybridized carbons (Fsp3) is 0.421. The number of quaternary nitrogens is 1. The van der Waals surface area contributed by atoms with Crippen molar-refractivity contribution in [3.05, 3.63) is 47.7 Å². The van der Waals surface area contributed by atoms with Gasteiger partial charge in [0.25, 0.3) is 11.8 Å². The SMILES string of the molecule is CCCCCCCCc1ccc(NC(=O)c2ccc([NH3+])o2)cc1. The number of aryl methyl sites for hydroxylation is 1. The highest BCUT2D eigenvalue weighted by Gasteiger charge is 2.11. The molecule has 0 spiro atoms. The van der Waals surface area contributed by atoms with E-state index in [2.05, 4.69) is 30.1 Å². The minimum absolute atomic E-state index is 0.247. The van der Waals surface area contributed by atoms with Crippen LogP contribution in [0.4, 0.5) is 11.6 Å². The molecule has 0 saturated carbocycles. The van der Waals surface area contributed by atoms with E-state index >= 15 is 0 Å². The molecule has 0 aliphatic rings. The molecule has 4 N–H and O–H groups in total. The maximum Gasteiger partial charge on any atom is 0.292 e. The summed E-state index contributed by atoms with van der Waals surface area (Å²) < 4.78 is 5.21. The molecule has 4 nitrogen and oxygen atoms in total. The number of rotatable bonds is 9. The summed E-state index contributed by atoms with van der Waals surface area (Å²) in [4.78, 5) is 12.0. The summed E-state index contributed by atoms with van der Waals surface area (Å²) in [5.41, 5.74) is 5.74. The molecular weight excluding hydrogens is 288 g/mol. The van der Waals surface area contributed by atoms with Gasteiger partial charge in [0.1, 0.15) is 0 Å². The van der Waals surface area contributed by atoms with Crippen molar-refractivity contribution in [2.75, 3.05) is 5.32 Å². The van der Waals surface area contributed by atoms with Crippen LogP contribution in [0.5, 0.6) is 0 Å². The lowest BCUT2D eigenvalue weighted by Crippen LogP contribution is -2.39. The first kappa shape index (κ1) is 17.3. The number of hydrogen-bond acceptors (Lipinski definition) is 2. The van der Waals surface area contributed by atoms with Gasteiger partial charge in [0, 0.05) is 11.8 Å². The van der Waals surface area contributed by atoms with E-state index in [9.17, 15) is 4.79 Å². The summed E-state index contributed by atoms with van der Waals surface area (Å²) in [6.45, 7) is 2.24. The molecule has 0 fully saturated rings. The van der Waals surface area contributed by atoms with Crippen LogP contribution in [0.3, 0.4) is 0 Å².